The molecule has 1 fully saturated rings. The number of carbonyl (C=O) groups is 2. The highest BCUT2D eigenvalue weighted by Crippen LogP contribution is 2.20. The second-order valence-corrected chi connectivity index (χ2v) is 4.84. The number of amides is 1. The summed E-state index contributed by atoms with van der Waals surface area (Å²) in [5.41, 5.74) is 0.795. The van der Waals surface area contributed by atoms with Gasteiger partial charge in [-0.2, -0.15) is 8.42 Å². The van der Waals surface area contributed by atoms with Crippen LogP contribution in [0.1, 0.15) is 10.4 Å². The first-order valence-electron chi connectivity index (χ1n) is 4.41. The van der Waals surface area contributed by atoms with E-state index in [1.165, 1.54) is 24.3 Å². The molecule has 1 aliphatic rings. The predicted octanol–water partition coefficient (Wildman–Crippen LogP) is -0.320. The van der Waals surface area contributed by atoms with E-state index in [9.17, 15) is 18.0 Å². The molecule has 0 bridgehead atoms. The van der Waals surface area contributed by atoms with Crippen molar-refractivity contribution >= 4 is 28.1 Å². The SMILES string of the molecule is O=Cc1ccc(N2CC(=O)NS2(=O)=O)cc1. The summed E-state index contributed by atoms with van der Waals surface area (Å²) in [4.78, 5) is 21.4. The van der Waals surface area contributed by atoms with E-state index in [4.69, 9.17) is 0 Å². The first-order valence-corrected chi connectivity index (χ1v) is 5.85. The van der Waals surface area contributed by atoms with E-state index >= 15 is 0 Å². The molecule has 1 heterocycles. The van der Waals surface area contributed by atoms with Crippen molar-refractivity contribution in [2.75, 3.05) is 10.8 Å². The Kier molecular flexibility index (Phi) is 2.39. The van der Waals surface area contributed by atoms with Gasteiger partial charge in [-0.15, -0.1) is 0 Å². The third-order valence-corrected chi connectivity index (χ3v) is 3.54. The first kappa shape index (κ1) is 10.6. The van der Waals surface area contributed by atoms with Crippen molar-refractivity contribution in [2.45, 2.75) is 0 Å². The molecule has 84 valence electrons. The molecule has 1 N–H and O–H groups in total. The van der Waals surface area contributed by atoms with Crippen LogP contribution >= 0.6 is 0 Å². The lowest BCUT2D eigenvalue weighted by Gasteiger charge is -2.14. The molecule has 0 aliphatic carbocycles. The Balaban J connectivity index is 2.37. The number of nitrogens with zero attached hydrogens (tertiary/aromatic N) is 1. The molecule has 6 nitrogen and oxygen atoms in total. The summed E-state index contributed by atoms with van der Waals surface area (Å²) < 4.78 is 25.7. The number of nitrogens with one attached hydrogen (secondary N) is 1. The van der Waals surface area contributed by atoms with Crippen LogP contribution in [0.3, 0.4) is 0 Å². The van der Waals surface area contributed by atoms with Crippen LogP contribution in [0.25, 0.3) is 0 Å². The standard InChI is InChI=1S/C9H8N2O4S/c12-6-7-1-3-8(4-2-7)11-5-9(13)10-16(11,14)15/h1-4,6H,5H2,(H,10,13). The number of carbonyl (C=O) groups excluding carboxylic acids is 2. The molecule has 2 rings (SSSR count). The lowest BCUT2D eigenvalue weighted by Crippen LogP contribution is -2.29. The fourth-order valence-electron chi connectivity index (χ4n) is 1.40. The Morgan fingerprint density at radius 2 is 1.88 bits per heavy atom. The Morgan fingerprint density at radius 3 is 2.31 bits per heavy atom. The molecule has 0 saturated carbocycles. The molecule has 0 atom stereocenters. The van der Waals surface area contributed by atoms with Crippen LogP contribution in [-0.2, 0) is 15.0 Å². The number of benzene rings is 1. The van der Waals surface area contributed by atoms with Gasteiger partial charge in [-0.3, -0.25) is 9.59 Å². The van der Waals surface area contributed by atoms with E-state index in [1.54, 1.807) is 0 Å². The van der Waals surface area contributed by atoms with Crippen molar-refractivity contribution in [3.05, 3.63) is 29.8 Å². The summed E-state index contributed by atoms with van der Waals surface area (Å²) >= 11 is 0. The highest BCUT2D eigenvalue weighted by Gasteiger charge is 2.33. The molecule has 1 saturated heterocycles. The van der Waals surface area contributed by atoms with E-state index in [1.807, 2.05) is 4.72 Å². The van der Waals surface area contributed by atoms with E-state index in [0.29, 0.717) is 17.5 Å². The smallest absolute Gasteiger partial charge is 0.298 e. The van der Waals surface area contributed by atoms with Crippen molar-refractivity contribution in [2.24, 2.45) is 0 Å². The molecular weight excluding hydrogens is 232 g/mol. The number of anilines is 1. The fraction of sp³-hybridized carbons (Fsp3) is 0.111. The molecule has 16 heavy (non-hydrogen) atoms. The quantitative estimate of drug-likeness (QED) is 0.718. The highest BCUT2D eigenvalue weighted by molar-refractivity contribution is 7.92. The van der Waals surface area contributed by atoms with Crippen molar-refractivity contribution in [1.82, 2.24) is 4.72 Å². The summed E-state index contributed by atoms with van der Waals surface area (Å²) in [6.45, 7) is -0.233. The minimum Gasteiger partial charge on any atom is -0.298 e. The molecule has 1 aromatic rings. The van der Waals surface area contributed by atoms with Gasteiger partial charge in [0.2, 0.25) is 0 Å². The number of hydrogen-bond acceptors (Lipinski definition) is 4. The zero-order valence-corrected chi connectivity index (χ0v) is 8.90. The average Bonchev–Trinajstić information content (AvgIpc) is 2.52. The lowest BCUT2D eigenvalue weighted by molar-refractivity contribution is -0.117. The van der Waals surface area contributed by atoms with Gasteiger partial charge in [0, 0.05) is 5.56 Å². The number of rotatable bonds is 2. The summed E-state index contributed by atoms with van der Waals surface area (Å²) in [6.07, 6.45) is 0.658. The normalized spacial score (nSPS) is 18.2. The van der Waals surface area contributed by atoms with Gasteiger partial charge >= 0.3 is 10.2 Å². The second-order valence-electron chi connectivity index (χ2n) is 3.25. The minimum absolute atomic E-state index is 0.233. The van der Waals surface area contributed by atoms with E-state index in [-0.39, 0.29) is 6.54 Å². The Bertz CT molecular complexity index is 535. The maximum atomic E-state index is 11.5. The number of hydrogen-bond donors (Lipinski definition) is 1. The van der Waals surface area contributed by atoms with Gasteiger partial charge in [0.15, 0.2) is 0 Å². The van der Waals surface area contributed by atoms with Gasteiger partial charge in [0.25, 0.3) is 5.91 Å². The lowest BCUT2D eigenvalue weighted by atomic mass is 10.2. The maximum absolute atomic E-state index is 11.5. The van der Waals surface area contributed by atoms with Gasteiger partial charge in [0.05, 0.1) is 5.69 Å². The number of aldehydes is 1. The van der Waals surface area contributed by atoms with Crippen molar-refractivity contribution in [3.8, 4) is 0 Å². The van der Waals surface area contributed by atoms with Gasteiger partial charge in [-0.05, 0) is 24.3 Å². The minimum atomic E-state index is -3.76. The van der Waals surface area contributed by atoms with E-state index in [2.05, 4.69) is 0 Å². The average molecular weight is 240 g/mol. The monoisotopic (exact) mass is 240 g/mol. The van der Waals surface area contributed by atoms with Gasteiger partial charge in [-0.1, -0.05) is 0 Å². The van der Waals surface area contributed by atoms with Gasteiger partial charge in [-0.25, -0.2) is 9.03 Å². The summed E-state index contributed by atoms with van der Waals surface area (Å²) in [6, 6.07) is 5.92. The topological polar surface area (TPSA) is 83.6 Å². The van der Waals surface area contributed by atoms with Crippen LogP contribution in [-0.4, -0.2) is 27.2 Å². The second kappa shape index (κ2) is 3.60. The molecular formula is C9H8N2O4S. The third kappa shape index (κ3) is 1.76. The van der Waals surface area contributed by atoms with Crippen LogP contribution in [0, 0.1) is 0 Å². The molecule has 0 radical (unpaired) electrons. The molecule has 1 aromatic carbocycles. The molecule has 0 spiro atoms. The summed E-state index contributed by atoms with van der Waals surface area (Å²) in [7, 11) is -3.76. The Hall–Kier alpha value is -1.89. The molecule has 1 aliphatic heterocycles. The zero-order valence-electron chi connectivity index (χ0n) is 8.08. The Morgan fingerprint density at radius 1 is 1.25 bits per heavy atom. The molecule has 0 unspecified atom stereocenters. The van der Waals surface area contributed by atoms with Crippen LogP contribution in [0.5, 0.6) is 0 Å². The summed E-state index contributed by atoms with van der Waals surface area (Å²) in [5, 5.41) is 0. The van der Waals surface area contributed by atoms with Crippen molar-refractivity contribution < 1.29 is 18.0 Å². The van der Waals surface area contributed by atoms with Gasteiger partial charge < -0.3 is 0 Å². The molecule has 1 amide bonds. The third-order valence-electron chi connectivity index (χ3n) is 2.14. The Labute approximate surface area is 92.0 Å². The molecule has 0 aromatic heterocycles. The largest absolute Gasteiger partial charge is 0.326 e. The fourth-order valence-corrected chi connectivity index (χ4v) is 2.54. The van der Waals surface area contributed by atoms with Crippen LogP contribution in [0.15, 0.2) is 24.3 Å². The van der Waals surface area contributed by atoms with Crippen LogP contribution in [0.2, 0.25) is 0 Å². The van der Waals surface area contributed by atoms with Crippen molar-refractivity contribution in [1.29, 1.82) is 0 Å². The van der Waals surface area contributed by atoms with Crippen LogP contribution in [0.4, 0.5) is 5.69 Å². The maximum Gasteiger partial charge on any atom is 0.326 e. The van der Waals surface area contributed by atoms with Gasteiger partial charge in [0.1, 0.15) is 12.8 Å². The zero-order chi connectivity index (χ0) is 11.8. The predicted molar refractivity (Wildman–Crippen MR) is 56.2 cm³/mol. The van der Waals surface area contributed by atoms with Crippen LogP contribution < -0.4 is 9.03 Å². The first-order chi connectivity index (χ1) is 7.53. The summed E-state index contributed by atoms with van der Waals surface area (Å²) in [5.74, 6) is -0.570. The van der Waals surface area contributed by atoms with E-state index in [0.717, 1.165) is 4.31 Å². The highest BCUT2D eigenvalue weighted by atomic mass is 32.2. The van der Waals surface area contributed by atoms with E-state index < -0.39 is 16.1 Å². The molecule has 7 heteroatoms. The van der Waals surface area contributed by atoms with Crippen molar-refractivity contribution in [3.63, 3.8) is 0 Å².